The van der Waals surface area contributed by atoms with Crippen LogP contribution in [0.4, 0.5) is 4.79 Å². The second-order valence-corrected chi connectivity index (χ2v) is 15.4. The van der Waals surface area contributed by atoms with Crippen molar-refractivity contribution < 1.29 is 33.8 Å². The van der Waals surface area contributed by atoms with E-state index in [1.54, 1.807) is 59.7 Å². The van der Waals surface area contributed by atoms with Crippen molar-refractivity contribution in [3.05, 3.63) is 102 Å². The minimum atomic E-state index is -1.36. The number of benzene rings is 3. The van der Waals surface area contributed by atoms with E-state index in [4.69, 9.17) is 9.47 Å². The van der Waals surface area contributed by atoms with E-state index in [1.165, 1.54) is 11.0 Å². The Balaban J connectivity index is 2.12. The number of nitrogens with one attached hydrogen (secondary N) is 2. The summed E-state index contributed by atoms with van der Waals surface area (Å²) in [6, 6.07) is 21.3. The minimum absolute atomic E-state index is 0.121. The molecular weight excluding hydrogens is 670 g/mol. The average Bonchev–Trinajstić information content (AvgIpc) is 3.08. The highest BCUT2D eigenvalue weighted by Gasteiger charge is 2.39. The number of phenols is 1. The number of nitrogens with zero attached hydrogens (tertiary/aromatic N) is 1. The van der Waals surface area contributed by atoms with Crippen LogP contribution in [0.1, 0.15) is 110 Å². The Morgan fingerprint density at radius 3 is 1.72 bits per heavy atom. The molecule has 0 saturated heterocycles. The molecule has 0 saturated carbocycles. The van der Waals surface area contributed by atoms with Gasteiger partial charge in [0.15, 0.2) is 0 Å². The number of amides is 3. The Morgan fingerprint density at radius 2 is 1.17 bits per heavy atom. The molecule has 0 fully saturated rings. The number of phenolic OH excluding ortho intramolecular Hbond substituents is 1. The Labute approximate surface area is 315 Å². The first-order valence-electron chi connectivity index (χ1n) is 18.8. The van der Waals surface area contributed by atoms with Crippen molar-refractivity contribution in [2.75, 3.05) is 6.54 Å². The molecule has 3 aromatic carbocycles. The fourth-order valence-corrected chi connectivity index (χ4v) is 5.96. The van der Waals surface area contributed by atoms with Gasteiger partial charge in [0.25, 0.3) is 0 Å². The third-order valence-electron chi connectivity index (χ3n) is 8.39. The zero-order valence-electron chi connectivity index (χ0n) is 32.5. The number of ether oxygens (including phenoxy) is 2. The lowest BCUT2D eigenvalue weighted by Crippen LogP contribution is -2.55. The summed E-state index contributed by atoms with van der Waals surface area (Å²) in [6.45, 7) is 12.8. The Kier molecular flexibility index (Phi) is 16.4. The van der Waals surface area contributed by atoms with Crippen molar-refractivity contribution in [3.63, 3.8) is 0 Å². The number of rotatable bonds is 18. The zero-order chi connectivity index (χ0) is 39.0. The summed E-state index contributed by atoms with van der Waals surface area (Å²) in [5.74, 6) is -2.03. The predicted molar refractivity (Wildman–Crippen MR) is 207 cm³/mol. The number of aromatic hydroxyl groups is 1. The van der Waals surface area contributed by atoms with E-state index in [9.17, 15) is 24.3 Å². The van der Waals surface area contributed by atoms with Crippen LogP contribution in [-0.2, 0) is 36.7 Å². The number of para-hydroxylation sites is 1. The first kappa shape index (κ1) is 42.6. The molecule has 10 heteroatoms. The summed E-state index contributed by atoms with van der Waals surface area (Å²) < 4.78 is 11.3. The van der Waals surface area contributed by atoms with Crippen molar-refractivity contribution >= 4 is 23.9 Å². The van der Waals surface area contributed by atoms with E-state index in [0.717, 1.165) is 43.2 Å². The van der Waals surface area contributed by atoms with E-state index in [0.29, 0.717) is 6.42 Å². The van der Waals surface area contributed by atoms with Crippen LogP contribution in [0.5, 0.6) is 5.75 Å². The van der Waals surface area contributed by atoms with Gasteiger partial charge in [-0.3, -0.25) is 9.59 Å². The lowest BCUT2D eigenvalue weighted by molar-refractivity contribution is -0.159. The number of alkyl carbamates (subject to hydrolysis) is 1. The molecule has 0 bridgehead atoms. The maximum absolute atomic E-state index is 14.9. The first-order chi connectivity index (χ1) is 25.1. The van der Waals surface area contributed by atoms with Gasteiger partial charge in [0, 0.05) is 24.9 Å². The van der Waals surface area contributed by atoms with Gasteiger partial charge in [-0.15, -0.1) is 0 Å². The highest BCUT2D eigenvalue weighted by Crippen LogP contribution is 2.31. The topological polar surface area (TPSA) is 134 Å². The smallest absolute Gasteiger partial charge is 0.408 e. The Bertz CT molecular complexity index is 1600. The lowest BCUT2D eigenvalue weighted by Gasteiger charge is -2.35. The molecule has 3 rings (SSSR count). The number of hydrogen-bond acceptors (Lipinski definition) is 7. The third kappa shape index (κ3) is 15.0. The molecule has 0 aliphatic heterocycles. The van der Waals surface area contributed by atoms with Crippen LogP contribution in [0.3, 0.4) is 0 Å². The summed E-state index contributed by atoms with van der Waals surface area (Å²) in [6.07, 6.45) is 5.02. The molecule has 3 amide bonds. The number of carbonyl (C=O) groups is 4. The molecular formula is C43H59N3O7. The first-order valence-corrected chi connectivity index (χ1v) is 18.8. The third-order valence-corrected chi connectivity index (χ3v) is 8.39. The molecule has 53 heavy (non-hydrogen) atoms. The molecule has 3 unspecified atom stereocenters. The average molecular weight is 730 g/mol. The van der Waals surface area contributed by atoms with Gasteiger partial charge in [-0.2, -0.15) is 0 Å². The molecule has 0 aromatic heterocycles. The van der Waals surface area contributed by atoms with Crippen molar-refractivity contribution in [3.8, 4) is 5.75 Å². The summed E-state index contributed by atoms with van der Waals surface area (Å²) in [5, 5.41) is 16.9. The van der Waals surface area contributed by atoms with Crippen LogP contribution in [0, 0.1) is 0 Å². The van der Waals surface area contributed by atoms with Crippen LogP contribution in [-0.4, -0.2) is 63.7 Å². The fourth-order valence-electron chi connectivity index (χ4n) is 5.96. The second kappa shape index (κ2) is 20.4. The zero-order valence-corrected chi connectivity index (χ0v) is 32.5. The highest BCUT2D eigenvalue weighted by molar-refractivity contribution is 5.94. The molecule has 0 aliphatic carbocycles. The maximum atomic E-state index is 14.9. The van der Waals surface area contributed by atoms with E-state index in [-0.39, 0.29) is 30.7 Å². The van der Waals surface area contributed by atoms with E-state index >= 15 is 0 Å². The number of hydrogen-bond donors (Lipinski definition) is 3. The predicted octanol–water partition coefficient (Wildman–Crippen LogP) is 7.83. The van der Waals surface area contributed by atoms with Gasteiger partial charge in [-0.1, -0.05) is 118 Å². The van der Waals surface area contributed by atoms with Gasteiger partial charge in [0.1, 0.15) is 35.1 Å². The normalized spacial score (nSPS) is 13.3. The lowest BCUT2D eigenvalue weighted by atomic mass is 9.98. The largest absolute Gasteiger partial charge is 0.508 e. The van der Waals surface area contributed by atoms with E-state index < -0.39 is 53.2 Å². The summed E-state index contributed by atoms with van der Waals surface area (Å²) in [5.41, 5.74) is 0.120. The maximum Gasteiger partial charge on any atom is 0.408 e. The van der Waals surface area contributed by atoms with Crippen molar-refractivity contribution in [1.82, 2.24) is 15.5 Å². The molecule has 0 heterocycles. The molecule has 3 atom stereocenters. The quantitative estimate of drug-likeness (QED) is 0.0898. The molecule has 0 spiro atoms. The van der Waals surface area contributed by atoms with Gasteiger partial charge < -0.3 is 30.1 Å². The van der Waals surface area contributed by atoms with E-state index in [2.05, 4.69) is 17.6 Å². The van der Waals surface area contributed by atoms with Gasteiger partial charge in [-0.05, 0) is 65.2 Å². The summed E-state index contributed by atoms with van der Waals surface area (Å²) in [7, 11) is 0. The van der Waals surface area contributed by atoms with Crippen molar-refractivity contribution in [2.45, 2.75) is 129 Å². The molecule has 0 radical (unpaired) electrons. The minimum Gasteiger partial charge on any atom is -0.508 e. The van der Waals surface area contributed by atoms with E-state index in [1.807, 2.05) is 60.7 Å². The molecule has 288 valence electrons. The molecule has 3 N–H and O–H groups in total. The van der Waals surface area contributed by atoms with Crippen LogP contribution >= 0.6 is 0 Å². The van der Waals surface area contributed by atoms with Crippen LogP contribution < -0.4 is 10.6 Å². The number of esters is 1. The second-order valence-electron chi connectivity index (χ2n) is 15.4. The van der Waals surface area contributed by atoms with Gasteiger partial charge >= 0.3 is 12.1 Å². The SMILES string of the molecule is CCCCCCCCN(C(=O)C(Cc1ccccc1)NC(=O)OC(C)(C)C)C(C(=O)NC(Cc1ccccc1)C(=O)OC(C)(C)C)c1ccccc1O. The van der Waals surface area contributed by atoms with Gasteiger partial charge in [-0.25, -0.2) is 9.59 Å². The van der Waals surface area contributed by atoms with Crippen LogP contribution in [0.2, 0.25) is 0 Å². The number of carbonyl (C=O) groups excluding carboxylic acids is 4. The standard InChI is InChI=1S/C43H59N3O7/c1-8-9-10-11-12-21-28-46(39(49)34(29-31-22-15-13-16-23-31)45-41(51)53-43(5,6)7)37(33-26-19-20-27-36(33)47)38(48)44-35(40(50)52-42(2,3)4)30-32-24-17-14-18-25-32/h13-20,22-27,34-35,37,47H,8-12,21,28-30H2,1-7H3,(H,44,48)(H,45,51). The van der Waals surface area contributed by atoms with Crippen LogP contribution in [0.25, 0.3) is 0 Å². The number of unbranched alkanes of at least 4 members (excludes halogenated alkanes) is 5. The Hall–Kier alpha value is -4.86. The van der Waals surface area contributed by atoms with Gasteiger partial charge in [0.2, 0.25) is 11.8 Å². The fraction of sp³-hybridized carbons (Fsp3) is 0.488. The molecule has 3 aromatic rings. The van der Waals surface area contributed by atoms with Crippen molar-refractivity contribution in [1.29, 1.82) is 0 Å². The summed E-state index contributed by atoms with van der Waals surface area (Å²) >= 11 is 0. The van der Waals surface area contributed by atoms with Gasteiger partial charge in [0.05, 0.1) is 0 Å². The van der Waals surface area contributed by atoms with Crippen LogP contribution in [0.15, 0.2) is 84.9 Å². The van der Waals surface area contributed by atoms with Crippen molar-refractivity contribution in [2.24, 2.45) is 0 Å². The highest BCUT2D eigenvalue weighted by atomic mass is 16.6. The molecule has 0 aliphatic rings. The monoisotopic (exact) mass is 729 g/mol. The molecule has 10 nitrogen and oxygen atoms in total. The summed E-state index contributed by atoms with van der Waals surface area (Å²) in [4.78, 5) is 58.0. The Morgan fingerprint density at radius 1 is 0.660 bits per heavy atom.